The first-order valence-electron chi connectivity index (χ1n) is 22.6. The summed E-state index contributed by atoms with van der Waals surface area (Å²) in [6.07, 6.45) is 33.9. The predicted molar refractivity (Wildman–Crippen MR) is 219 cm³/mol. The normalized spacial score (nSPS) is 31.7. The average Bonchev–Trinajstić information content (AvgIpc) is 3.49. The van der Waals surface area contributed by atoms with Crippen molar-refractivity contribution < 1.29 is 14.3 Å². The van der Waals surface area contributed by atoms with Crippen molar-refractivity contribution in [2.24, 2.45) is 46.3 Å². The summed E-state index contributed by atoms with van der Waals surface area (Å²) in [6, 6.07) is 5.66. The van der Waals surface area contributed by atoms with Crippen LogP contribution in [0.3, 0.4) is 0 Å². The molecular weight excluding hydrogens is 641 g/mol. The van der Waals surface area contributed by atoms with Crippen LogP contribution in [0.5, 0.6) is 5.75 Å². The molecule has 9 atom stereocenters. The molecule has 52 heavy (non-hydrogen) atoms. The van der Waals surface area contributed by atoms with Crippen LogP contribution >= 0.6 is 0 Å². The predicted octanol–water partition coefficient (Wildman–Crippen LogP) is 13.1. The van der Waals surface area contributed by atoms with Crippen LogP contribution in [0, 0.1) is 46.3 Å². The highest BCUT2D eigenvalue weighted by Crippen LogP contribution is 2.68. The van der Waals surface area contributed by atoms with Gasteiger partial charge in [-0.1, -0.05) is 118 Å². The molecule has 0 aromatic heterocycles. The monoisotopic (exact) mass is 721 g/mol. The highest BCUT2D eigenvalue weighted by Gasteiger charge is 2.60. The molecule has 4 saturated carbocycles. The van der Waals surface area contributed by atoms with Gasteiger partial charge >= 0.3 is 5.97 Å². The lowest BCUT2D eigenvalue weighted by Gasteiger charge is -2.61. The first kappa shape index (κ1) is 41.3. The Morgan fingerprint density at radius 1 is 0.769 bits per heavy atom. The van der Waals surface area contributed by atoms with Gasteiger partial charge in [0, 0.05) is 12.1 Å². The SMILES string of the molecule is CCCCCCCCCCCCCCCCCOC(=O)CC[C@@H](C)[C@H]1CC[C@H]2[C@@H]3CCC4CC(Oc5ccc(N)cc5N)CC[C@]4(C)[C@H]3CC[C@]12C. The van der Waals surface area contributed by atoms with Gasteiger partial charge in [0.2, 0.25) is 0 Å². The number of benzene rings is 1. The summed E-state index contributed by atoms with van der Waals surface area (Å²) in [4.78, 5) is 12.7. The zero-order chi connectivity index (χ0) is 37.0. The molecule has 4 fully saturated rings. The third kappa shape index (κ3) is 10.6. The van der Waals surface area contributed by atoms with E-state index in [1.807, 2.05) is 18.2 Å². The van der Waals surface area contributed by atoms with Gasteiger partial charge in [0.25, 0.3) is 0 Å². The van der Waals surface area contributed by atoms with Gasteiger partial charge in [-0.3, -0.25) is 4.79 Å². The number of rotatable bonds is 22. The van der Waals surface area contributed by atoms with Gasteiger partial charge in [-0.25, -0.2) is 0 Å². The number of hydrogen-bond acceptors (Lipinski definition) is 5. The van der Waals surface area contributed by atoms with E-state index in [1.165, 1.54) is 135 Å². The molecule has 0 radical (unpaired) electrons. The molecule has 296 valence electrons. The summed E-state index contributed by atoms with van der Waals surface area (Å²) in [6.45, 7) is 10.6. The minimum absolute atomic E-state index is 0.0329. The van der Waals surface area contributed by atoms with Crippen LogP contribution < -0.4 is 16.2 Å². The molecule has 1 aromatic rings. The maximum atomic E-state index is 12.7. The molecule has 0 aliphatic heterocycles. The second kappa shape index (κ2) is 20.1. The van der Waals surface area contributed by atoms with Crippen molar-refractivity contribution >= 4 is 17.3 Å². The highest BCUT2D eigenvalue weighted by atomic mass is 16.5. The Morgan fingerprint density at radius 3 is 2.04 bits per heavy atom. The molecule has 2 unspecified atom stereocenters. The number of ether oxygens (including phenoxy) is 2. The highest BCUT2D eigenvalue weighted by molar-refractivity contribution is 5.69. The van der Waals surface area contributed by atoms with Crippen LogP contribution in [-0.4, -0.2) is 18.7 Å². The molecule has 5 nitrogen and oxygen atoms in total. The standard InChI is InChI=1S/C47H80N2O3/c1-5-6-7-8-9-10-11-12-13-14-15-16-17-18-19-32-51-45(50)27-20-35(2)40-24-25-41-39-23-21-36-33-38(52-44-26-22-37(48)34-43(44)49)28-30-46(36,3)42(39)29-31-47(40,41)4/h22,26,34-36,38-42H,5-21,23-25,27-33,48-49H2,1-4H3/t35-,36?,38?,39+,40-,41+,42+,46+,47-/m1/s1. The number of nitrogen functional groups attached to an aromatic ring is 2. The summed E-state index contributed by atoms with van der Waals surface area (Å²) in [5.74, 6) is 5.44. The molecule has 5 heteroatoms. The maximum absolute atomic E-state index is 12.7. The van der Waals surface area contributed by atoms with E-state index in [2.05, 4.69) is 27.7 Å². The van der Waals surface area contributed by atoms with Gasteiger partial charge in [-0.15, -0.1) is 0 Å². The number of fused-ring (bicyclic) bond motifs is 5. The van der Waals surface area contributed by atoms with Gasteiger partial charge in [-0.05, 0) is 135 Å². The van der Waals surface area contributed by atoms with Crippen molar-refractivity contribution in [1.82, 2.24) is 0 Å². The van der Waals surface area contributed by atoms with E-state index < -0.39 is 0 Å². The quantitative estimate of drug-likeness (QED) is 0.0707. The smallest absolute Gasteiger partial charge is 0.305 e. The maximum Gasteiger partial charge on any atom is 0.305 e. The molecule has 5 rings (SSSR count). The van der Waals surface area contributed by atoms with Crippen molar-refractivity contribution in [2.75, 3.05) is 18.1 Å². The van der Waals surface area contributed by atoms with E-state index in [0.717, 1.165) is 61.0 Å². The van der Waals surface area contributed by atoms with Gasteiger partial charge in [0.15, 0.2) is 0 Å². The van der Waals surface area contributed by atoms with Gasteiger partial charge in [-0.2, -0.15) is 0 Å². The minimum Gasteiger partial charge on any atom is -0.488 e. The van der Waals surface area contributed by atoms with Crippen LogP contribution in [0.2, 0.25) is 0 Å². The van der Waals surface area contributed by atoms with Crippen LogP contribution in [0.15, 0.2) is 18.2 Å². The average molecular weight is 721 g/mol. The molecule has 4 aliphatic carbocycles. The first-order valence-corrected chi connectivity index (χ1v) is 22.6. The lowest BCUT2D eigenvalue weighted by Crippen LogP contribution is -2.54. The van der Waals surface area contributed by atoms with Crippen molar-refractivity contribution in [3.8, 4) is 5.75 Å². The lowest BCUT2D eigenvalue weighted by molar-refractivity contribution is -0.144. The number of nitrogens with two attached hydrogens (primary N) is 2. The molecule has 0 saturated heterocycles. The minimum atomic E-state index is 0.0329. The zero-order valence-electron chi connectivity index (χ0n) is 34.2. The Kier molecular flexibility index (Phi) is 16.0. The number of unbranched alkanes of at least 4 members (excludes halogenated alkanes) is 14. The van der Waals surface area contributed by atoms with Crippen LogP contribution in [0.1, 0.15) is 195 Å². The topological polar surface area (TPSA) is 87.6 Å². The summed E-state index contributed by atoms with van der Waals surface area (Å²) >= 11 is 0. The number of hydrogen-bond donors (Lipinski definition) is 2. The van der Waals surface area contributed by atoms with E-state index in [-0.39, 0.29) is 12.1 Å². The molecule has 4 aliphatic rings. The van der Waals surface area contributed by atoms with Gasteiger partial charge in [0.05, 0.1) is 18.4 Å². The molecule has 0 heterocycles. The van der Waals surface area contributed by atoms with Crippen LogP contribution in [0.4, 0.5) is 11.4 Å². The Morgan fingerprint density at radius 2 is 1.38 bits per heavy atom. The molecule has 0 spiro atoms. The van der Waals surface area contributed by atoms with E-state index in [4.69, 9.17) is 20.9 Å². The number of carbonyl (C=O) groups is 1. The fourth-order valence-corrected chi connectivity index (χ4v) is 12.4. The summed E-state index contributed by atoms with van der Waals surface area (Å²) in [5, 5.41) is 0. The Balaban J connectivity index is 0.946. The van der Waals surface area contributed by atoms with Crippen LogP contribution in [0.25, 0.3) is 0 Å². The third-order valence-corrected chi connectivity index (χ3v) is 15.5. The second-order valence-corrected chi connectivity index (χ2v) is 18.9. The molecule has 0 amide bonds. The van der Waals surface area contributed by atoms with Crippen molar-refractivity contribution in [3.05, 3.63) is 18.2 Å². The van der Waals surface area contributed by atoms with E-state index in [1.54, 1.807) is 0 Å². The van der Waals surface area contributed by atoms with Crippen LogP contribution in [-0.2, 0) is 9.53 Å². The molecule has 1 aromatic carbocycles. The van der Waals surface area contributed by atoms with E-state index in [9.17, 15) is 4.79 Å². The summed E-state index contributed by atoms with van der Waals surface area (Å²) in [7, 11) is 0. The van der Waals surface area contributed by atoms with E-state index >= 15 is 0 Å². The number of esters is 1. The Hall–Kier alpha value is -1.91. The van der Waals surface area contributed by atoms with Crippen molar-refractivity contribution in [3.63, 3.8) is 0 Å². The molecule has 0 bridgehead atoms. The lowest BCUT2D eigenvalue weighted by atomic mass is 9.44. The molecule has 4 N–H and O–H groups in total. The third-order valence-electron chi connectivity index (χ3n) is 15.5. The van der Waals surface area contributed by atoms with Crippen molar-refractivity contribution in [1.29, 1.82) is 0 Å². The fourth-order valence-electron chi connectivity index (χ4n) is 12.4. The summed E-state index contributed by atoms with van der Waals surface area (Å²) < 4.78 is 12.2. The second-order valence-electron chi connectivity index (χ2n) is 18.9. The van der Waals surface area contributed by atoms with Gasteiger partial charge < -0.3 is 20.9 Å². The van der Waals surface area contributed by atoms with Crippen molar-refractivity contribution in [2.45, 2.75) is 201 Å². The zero-order valence-corrected chi connectivity index (χ0v) is 34.2. The first-order chi connectivity index (χ1) is 25.2. The number of carbonyl (C=O) groups excluding carboxylic acids is 1. The number of anilines is 2. The Labute approximate surface area is 319 Å². The van der Waals surface area contributed by atoms with E-state index in [0.29, 0.717) is 41.2 Å². The largest absolute Gasteiger partial charge is 0.488 e. The summed E-state index contributed by atoms with van der Waals surface area (Å²) in [5.41, 5.74) is 14.4. The molecular formula is C47H80N2O3. The fraction of sp³-hybridized carbons (Fsp3) is 0.851. The van der Waals surface area contributed by atoms with Gasteiger partial charge in [0.1, 0.15) is 5.75 Å². The Bertz CT molecular complexity index is 1220.